The van der Waals surface area contributed by atoms with Crippen molar-refractivity contribution in [1.29, 1.82) is 0 Å². The quantitative estimate of drug-likeness (QED) is 0.577. The van der Waals surface area contributed by atoms with Gasteiger partial charge >= 0.3 is 12.4 Å². The van der Waals surface area contributed by atoms with Crippen LogP contribution >= 0.6 is 0 Å². The molecule has 8 nitrogen and oxygen atoms in total. The van der Waals surface area contributed by atoms with E-state index in [4.69, 9.17) is 5.73 Å². The number of hydrogen-bond acceptors (Lipinski definition) is 6. The Morgan fingerprint density at radius 3 is 2.48 bits per heavy atom. The molecule has 0 atom stereocenters. The van der Waals surface area contributed by atoms with Gasteiger partial charge in [-0.2, -0.15) is 17.6 Å². The number of halogens is 4. The third-order valence-electron chi connectivity index (χ3n) is 4.01. The predicted octanol–water partition coefficient (Wildman–Crippen LogP) is 2.63. The molecule has 0 aliphatic rings. The molecule has 3 N–H and O–H groups in total. The summed E-state index contributed by atoms with van der Waals surface area (Å²) in [5.41, 5.74) is 5.11. The smallest absolute Gasteiger partial charge is 0.388 e. The Hall–Kier alpha value is -3.22. The lowest BCUT2D eigenvalue weighted by Gasteiger charge is -2.12. The normalized spacial score (nSPS) is 12.1. The first-order chi connectivity index (χ1) is 13.5. The highest BCUT2D eigenvalue weighted by Gasteiger charge is 2.29. The molecule has 0 aliphatic heterocycles. The van der Waals surface area contributed by atoms with Crippen molar-refractivity contribution in [2.45, 2.75) is 24.2 Å². The molecule has 0 radical (unpaired) electrons. The van der Waals surface area contributed by atoms with Gasteiger partial charge in [0, 0.05) is 5.56 Å². The van der Waals surface area contributed by atoms with Crippen LogP contribution in [0.3, 0.4) is 0 Å². The van der Waals surface area contributed by atoms with E-state index < -0.39 is 38.9 Å². The van der Waals surface area contributed by atoms with Crippen molar-refractivity contribution in [3.63, 3.8) is 0 Å². The Balaban J connectivity index is 2.31. The molecule has 3 aromatic rings. The molecule has 1 aromatic carbocycles. The van der Waals surface area contributed by atoms with Crippen LogP contribution in [0.15, 0.2) is 29.3 Å². The molecule has 29 heavy (non-hydrogen) atoms. The first-order valence-corrected chi connectivity index (χ1v) is 9.33. The number of pyridine rings is 1. The number of nitrogens with zero attached hydrogens (tertiary/aromatic N) is 2. The third-order valence-corrected chi connectivity index (χ3v) is 5.55. The van der Waals surface area contributed by atoms with E-state index in [2.05, 4.69) is 19.9 Å². The van der Waals surface area contributed by atoms with E-state index in [1.807, 2.05) is 0 Å². The van der Waals surface area contributed by atoms with E-state index in [1.165, 1.54) is 13.0 Å². The van der Waals surface area contributed by atoms with Crippen molar-refractivity contribution >= 4 is 26.6 Å². The summed E-state index contributed by atoms with van der Waals surface area (Å²) in [5, 5.41) is 5.97. The van der Waals surface area contributed by atoms with Gasteiger partial charge in [0.25, 0.3) is 5.91 Å². The second kappa shape index (κ2) is 7.31. The standard InChI is InChI=1S/C16H12F4N4O4S/c1-6-4-7(2-3-9(6)29(26,27)16(19)20)10-11-8(5-22-12(10)13(21)25)23-24-14(11)28-15(17)18/h2-5,15-16H,1H3,(H2,21,25)(H,23,24). The molecule has 0 bridgehead atoms. The number of aromatic nitrogens is 3. The van der Waals surface area contributed by atoms with E-state index in [1.54, 1.807) is 0 Å². The number of H-pyrrole nitrogens is 1. The first-order valence-electron chi connectivity index (χ1n) is 7.78. The average molecular weight is 432 g/mol. The van der Waals surface area contributed by atoms with E-state index in [0.717, 1.165) is 18.3 Å². The topological polar surface area (TPSA) is 128 Å². The van der Waals surface area contributed by atoms with Crippen LogP contribution < -0.4 is 10.5 Å². The number of alkyl halides is 4. The van der Waals surface area contributed by atoms with Crippen molar-refractivity contribution in [3.8, 4) is 17.0 Å². The lowest BCUT2D eigenvalue weighted by Crippen LogP contribution is -2.15. The summed E-state index contributed by atoms with van der Waals surface area (Å²) in [7, 11) is -4.87. The molecule has 0 saturated carbocycles. The molecule has 2 aromatic heterocycles. The zero-order valence-corrected chi connectivity index (χ0v) is 15.3. The summed E-state index contributed by atoms with van der Waals surface area (Å²) in [6, 6.07) is 3.24. The zero-order chi connectivity index (χ0) is 21.5. The molecular weight excluding hydrogens is 420 g/mol. The second-order valence-electron chi connectivity index (χ2n) is 5.83. The molecule has 154 valence electrons. The van der Waals surface area contributed by atoms with E-state index in [-0.39, 0.29) is 33.3 Å². The number of nitrogens with one attached hydrogen (secondary N) is 1. The van der Waals surface area contributed by atoms with E-state index in [9.17, 15) is 30.8 Å². The maximum absolute atomic E-state index is 12.9. The minimum Gasteiger partial charge on any atom is -0.415 e. The molecular formula is C16H12F4N4O4S. The number of carbonyl (C=O) groups excluding carboxylic acids is 1. The van der Waals surface area contributed by atoms with Gasteiger partial charge in [-0.25, -0.2) is 13.4 Å². The molecule has 0 saturated heterocycles. The van der Waals surface area contributed by atoms with Crippen LogP contribution in [0.25, 0.3) is 22.0 Å². The minimum absolute atomic E-state index is 0.0574. The van der Waals surface area contributed by atoms with Crippen LogP contribution in [-0.4, -0.2) is 41.9 Å². The van der Waals surface area contributed by atoms with Crippen molar-refractivity contribution in [1.82, 2.24) is 15.2 Å². The van der Waals surface area contributed by atoms with E-state index in [0.29, 0.717) is 0 Å². The maximum Gasteiger partial charge on any atom is 0.388 e. The Morgan fingerprint density at radius 2 is 1.93 bits per heavy atom. The molecule has 3 rings (SSSR count). The number of aromatic amines is 1. The van der Waals surface area contributed by atoms with Crippen molar-refractivity contribution in [2.75, 3.05) is 0 Å². The van der Waals surface area contributed by atoms with Crippen LogP contribution in [0.5, 0.6) is 5.88 Å². The van der Waals surface area contributed by atoms with Gasteiger partial charge in [0.15, 0.2) is 0 Å². The van der Waals surface area contributed by atoms with Gasteiger partial charge in [0.05, 0.1) is 22.0 Å². The Bertz CT molecular complexity index is 1210. The first kappa shape index (κ1) is 20.5. The molecule has 0 spiro atoms. The number of ether oxygens (including phenoxy) is 1. The average Bonchev–Trinajstić information content (AvgIpc) is 3.02. The van der Waals surface area contributed by atoms with E-state index >= 15 is 0 Å². The molecule has 1 amide bonds. The molecule has 13 heteroatoms. The molecule has 0 unspecified atom stereocenters. The highest BCUT2D eigenvalue weighted by atomic mass is 32.2. The number of rotatable bonds is 6. The van der Waals surface area contributed by atoms with Gasteiger partial charge in [0.2, 0.25) is 15.7 Å². The zero-order valence-electron chi connectivity index (χ0n) is 14.5. The fourth-order valence-electron chi connectivity index (χ4n) is 2.84. The Labute approximate surface area is 160 Å². The number of carbonyl (C=O) groups is 1. The third kappa shape index (κ3) is 3.60. The second-order valence-corrected chi connectivity index (χ2v) is 7.71. The van der Waals surface area contributed by atoms with Crippen LogP contribution in [-0.2, 0) is 9.84 Å². The van der Waals surface area contributed by atoms with Crippen LogP contribution in [0, 0.1) is 6.92 Å². The van der Waals surface area contributed by atoms with Gasteiger partial charge in [-0.15, -0.1) is 5.10 Å². The van der Waals surface area contributed by atoms with Crippen LogP contribution in [0.1, 0.15) is 16.1 Å². The summed E-state index contributed by atoms with van der Waals surface area (Å²) >= 11 is 0. The number of amides is 1. The summed E-state index contributed by atoms with van der Waals surface area (Å²) in [5.74, 6) is -5.18. The fourth-order valence-corrected chi connectivity index (χ4v) is 3.80. The van der Waals surface area contributed by atoms with Crippen molar-refractivity contribution < 1.29 is 35.5 Å². The molecule has 0 fully saturated rings. The lowest BCUT2D eigenvalue weighted by atomic mass is 9.98. The minimum atomic E-state index is -4.87. The monoisotopic (exact) mass is 432 g/mol. The summed E-state index contributed by atoms with van der Waals surface area (Å²) in [6.45, 7) is -1.96. The largest absolute Gasteiger partial charge is 0.415 e. The van der Waals surface area contributed by atoms with Gasteiger partial charge in [0.1, 0.15) is 5.69 Å². The SMILES string of the molecule is Cc1cc(-c2c(C(N)=O)ncc3[nH]nc(OC(F)F)c23)ccc1S(=O)(=O)C(F)F. The van der Waals surface area contributed by atoms with Gasteiger partial charge in [-0.1, -0.05) is 12.1 Å². The van der Waals surface area contributed by atoms with Gasteiger partial charge in [-0.05, 0) is 24.1 Å². The summed E-state index contributed by atoms with van der Waals surface area (Å²) in [6.07, 6.45) is 1.13. The number of nitrogens with two attached hydrogens (primary N) is 1. The van der Waals surface area contributed by atoms with Crippen LogP contribution in [0.4, 0.5) is 17.6 Å². The van der Waals surface area contributed by atoms with Gasteiger partial charge < -0.3 is 10.5 Å². The van der Waals surface area contributed by atoms with Crippen LogP contribution in [0.2, 0.25) is 0 Å². The predicted molar refractivity (Wildman–Crippen MR) is 92.4 cm³/mol. The highest BCUT2D eigenvalue weighted by molar-refractivity contribution is 7.91. The number of fused-ring (bicyclic) bond motifs is 1. The van der Waals surface area contributed by atoms with Crippen molar-refractivity contribution in [3.05, 3.63) is 35.7 Å². The lowest BCUT2D eigenvalue weighted by molar-refractivity contribution is -0.0518. The number of aryl methyl sites for hydroxylation is 1. The number of primary amides is 1. The Kier molecular flexibility index (Phi) is 5.17. The Morgan fingerprint density at radius 1 is 1.24 bits per heavy atom. The highest BCUT2D eigenvalue weighted by Crippen LogP contribution is 2.37. The molecule has 2 heterocycles. The van der Waals surface area contributed by atoms with Gasteiger partial charge in [-0.3, -0.25) is 9.89 Å². The van der Waals surface area contributed by atoms with Crippen molar-refractivity contribution in [2.24, 2.45) is 5.73 Å². The number of benzene rings is 1. The number of hydrogen-bond donors (Lipinski definition) is 2. The number of sulfone groups is 1. The summed E-state index contributed by atoms with van der Waals surface area (Å²) < 4.78 is 79.0. The fraction of sp³-hybridized carbons (Fsp3) is 0.188. The molecule has 0 aliphatic carbocycles. The maximum atomic E-state index is 12.9. The summed E-state index contributed by atoms with van der Waals surface area (Å²) in [4.78, 5) is 15.1.